The molecule has 0 spiro atoms. The van der Waals surface area contributed by atoms with Gasteiger partial charge in [0.15, 0.2) is 5.72 Å². The van der Waals surface area contributed by atoms with Gasteiger partial charge in [0.1, 0.15) is 6.61 Å². The second-order valence-corrected chi connectivity index (χ2v) is 5.81. The fourth-order valence-corrected chi connectivity index (χ4v) is 1.12. The molecule has 0 fully saturated rings. The van der Waals surface area contributed by atoms with Gasteiger partial charge in [0.05, 0.1) is 11.9 Å². The summed E-state index contributed by atoms with van der Waals surface area (Å²) >= 11 is 0. The van der Waals surface area contributed by atoms with Crippen LogP contribution in [0.15, 0.2) is 17.1 Å². The second kappa shape index (κ2) is 15.4. The summed E-state index contributed by atoms with van der Waals surface area (Å²) in [5.41, 5.74) is -0.716. The topological polar surface area (TPSA) is 82.0 Å². The van der Waals surface area contributed by atoms with Crippen molar-refractivity contribution in [2.45, 2.75) is 59.8 Å². The summed E-state index contributed by atoms with van der Waals surface area (Å²) in [7, 11) is 0. The first kappa shape index (κ1) is 28.9. The number of carbonyl (C=O) groups is 3. The van der Waals surface area contributed by atoms with Gasteiger partial charge in [-0.05, 0) is 34.4 Å². The maximum absolute atomic E-state index is 11.3. The summed E-state index contributed by atoms with van der Waals surface area (Å²) in [4.78, 5) is 36.1. The van der Waals surface area contributed by atoms with Crippen molar-refractivity contribution in [3.05, 3.63) is 25.0 Å². The number of Topliss-reactive ketones (excluding diaryl/α,β-unsaturated/α-hetero) is 1. The first-order valence-electron chi connectivity index (χ1n) is 7.58. The molecule has 25 heavy (non-hydrogen) atoms. The quantitative estimate of drug-likeness (QED) is 0.182. The third-order valence-electron chi connectivity index (χ3n) is 2.55. The van der Waals surface area contributed by atoms with Gasteiger partial charge in [-0.15, -0.1) is 20.3 Å². The predicted octanol–water partition coefficient (Wildman–Crippen LogP) is 2.91. The Bertz CT molecular complexity index is 458. The van der Waals surface area contributed by atoms with Crippen LogP contribution in [-0.2, 0) is 23.9 Å². The minimum atomic E-state index is -0.716. The van der Waals surface area contributed by atoms with Crippen molar-refractivity contribution in [3.63, 3.8) is 0 Å². The molecule has 1 unspecified atom stereocenters. The second-order valence-electron chi connectivity index (χ2n) is 5.81. The summed E-state index contributed by atoms with van der Waals surface area (Å²) in [5, 5.41) is 0. The van der Waals surface area contributed by atoms with E-state index in [0.717, 1.165) is 6.08 Å². The molecule has 6 nitrogen and oxygen atoms in total. The number of hydrogen-bond acceptors (Lipinski definition) is 6. The first-order chi connectivity index (χ1) is 10.9. The van der Waals surface area contributed by atoms with E-state index in [4.69, 9.17) is 9.47 Å². The third-order valence-corrected chi connectivity index (χ3v) is 2.55. The fourth-order valence-electron chi connectivity index (χ4n) is 1.12. The van der Waals surface area contributed by atoms with E-state index in [9.17, 15) is 14.4 Å². The molecule has 0 saturated carbocycles. The average Bonchev–Trinajstić information content (AvgIpc) is 2.50. The third kappa shape index (κ3) is 19.3. The zero-order valence-corrected chi connectivity index (χ0v) is 20.2. The van der Waals surface area contributed by atoms with E-state index < -0.39 is 11.7 Å². The summed E-state index contributed by atoms with van der Waals surface area (Å²) in [5.74, 6) is -0.0165. The summed E-state index contributed by atoms with van der Waals surface area (Å²) in [6.45, 7) is 17.0. The van der Waals surface area contributed by atoms with E-state index in [1.54, 1.807) is 34.6 Å². The van der Waals surface area contributed by atoms with Crippen molar-refractivity contribution in [1.29, 1.82) is 0 Å². The number of aliphatic imine (C=N–C) groups is 1. The smallest absolute Gasteiger partial charge is 0.461 e. The van der Waals surface area contributed by atoms with Crippen LogP contribution in [0.2, 0.25) is 0 Å². The number of ether oxygens (including phenoxy) is 2. The van der Waals surface area contributed by atoms with Crippen LogP contribution in [0.3, 0.4) is 0 Å². The Morgan fingerprint density at radius 3 is 2.12 bits per heavy atom. The number of allylic oxidation sites excluding steroid dienone is 1. The Morgan fingerprint density at radius 1 is 1.28 bits per heavy atom. The van der Waals surface area contributed by atoms with E-state index >= 15 is 0 Å². The zero-order chi connectivity index (χ0) is 19.3. The first-order valence-corrected chi connectivity index (χ1v) is 7.58. The zero-order valence-electron chi connectivity index (χ0n) is 16.0. The SMILES string of the molecule is C=NC(C)(C)OC(C)COC(=O)/C=C/C(=O)[C-](C)C.[CH2-]CC(C)=O.[U+2]. The van der Waals surface area contributed by atoms with Crippen LogP contribution in [0.25, 0.3) is 0 Å². The van der Waals surface area contributed by atoms with Crippen LogP contribution in [-0.4, -0.2) is 42.7 Å². The number of carbonyl (C=O) groups excluding carboxylic acids is 3. The van der Waals surface area contributed by atoms with Gasteiger partial charge < -0.3 is 26.0 Å². The molecule has 0 saturated heterocycles. The van der Waals surface area contributed by atoms with Gasteiger partial charge in [-0.2, -0.15) is 12.0 Å². The molecule has 0 radical (unpaired) electrons. The van der Waals surface area contributed by atoms with Crippen LogP contribution in [0.4, 0.5) is 0 Å². The molecule has 0 aromatic heterocycles. The van der Waals surface area contributed by atoms with E-state index in [1.165, 1.54) is 13.0 Å². The maximum atomic E-state index is 11.3. The standard InChI is InChI=1S/C14H22NO4.C4H7O.U/c1-10(2)12(16)7-8-13(17)18-9-11(3)19-14(4,5)15-6;1-3-4(2)5;/h7-8,11H,6,9H2,1-5H3;1,3H2,2H3;/q2*-1;+2/b8-7+;;. The number of esters is 1. The molecule has 0 amide bonds. The Hall–Kier alpha value is -0.898. The fraction of sp³-hybridized carbons (Fsp3) is 0.556. The molecule has 140 valence electrons. The number of hydrogen-bond donors (Lipinski definition) is 0. The number of nitrogens with zero attached hydrogens (tertiary/aromatic N) is 1. The largest absolute Gasteiger partial charge is 2.00 e. The van der Waals surface area contributed by atoms with Crippen LogP contribution in [0, 0.1) is 44.0 Å². The molecule has 0 aromatic carbocycles. The summed E-state index contributed by atoms with van der Waals surface area (Å²) < 4.78 is 10.4. The van der Waals surface area contributed by atoms with E-state index in [1.807, 2.05) is 0 Å². The van der Waals surface area contributed by atoms with Gasteiger partial charge in [-0.3, -0.25) is 4.99 Å². The number of rotatable bonds is 9. The maximum Gasteiger partial charge on any atom is 2.00 e. The van der Waals surface area contributed by atoms with Crippen molar-refractivity contribution in [1.82, 2.24) is 0 Å². The molecular formula is C18H29NO5U. The minimum absolute atomic E-state index is 0. The summed E-state index contributed by atoms with van der Waals surface area (Å²) in [6.07, 6.45) is 2.41. The van der Waals surface area contributed by atoms with Gasteiger partial charge in [-0.1, -0.05) is 6.08 Å². The van der Waals surface area contributed by atoms with Crippen LogP contribution in [0.5, 0.6) is 0 Å². The van der Waals surface area contributed by atoms with Gasteiger partial charge >= 0.3 is 37.1 Å². The molecule has 0 aliphatic heterocycles. The normalized spacial score (nSPS) is 11.5. The molecule has 0 rings (SSSR count). The van der Waals surface area contributed by atoms with Gasteiger partial charge in [0, 0.05) is 5.78 Å². The van der Waals surface area contributed by atoms with E-state index in [0.29, 0.717) is 12.3 Å². The van der Waals surface area contributed by atoms with Crippen molar-refractivity contribution in [3.8, 4) is 0 Å². The van der Waals surface area contributed by atoms with E-state index in [-0.39, 0.29) is 55.4 Å². The van der Waals surface area contributed by atoms with Gasteiger partial charge in [0.25, 0.3) is 0 Å². The van der Waals surface area contributed by atoms with Crippen molar-refractivity contribution in [2.75, 3.05) is 6.61 Å². The van der Waals surface area contributed by atoms with Crippen molar-refractivity contribution < 1.29 is 55.0 Å². The van der Waals surface area contributed by atoms with Crippen LogP contribution < -0.4 is 0 Å². The molecule has 0 aliphatic carbocycles. The monoisotopic (exact) mass is 577 g/mol. The Morgan fingerprint density at radius 2 is 1.76 bits per heavy atom. The molecule has 0 N–H and O–H groups in total. The Balaban J connectivity index is -0.000000704. The molecule has 0 aliphatic rings. The van der Waals surface area contributed by atoms with Crippen molar-refractivity contribution >= 4 is 24.3 Å². The average molecular weight is 577 g/mol. The minimum Gasteiger partial charge on any atom is -0.461 e. The molecular weight excluding hydrogens is 548 g/mol. The van der Waals surface area contributed by atoms with E-state index in [2.05, 4.69) is 18.6 Å². The van der Waals surface area contributed by atoms with Crippen LogP contribution in [0.1, 0.15) is 48.0 Å². The Labute approximate surface area is 175 Å². The molecule has 1 atom stereocenters. The molecule has 0 heterocycles. The molecule has 0 aromatic rings. The molecule has 7 heteroatoms. The van der Waals surface area contributed by atoms with Crippen molar-refractivity contribution in [2.24, 2.45) is 4.99 Å². The predicted molar refractivity (Wildman–Crippen MR) is 94.5 cm³/mol. The number of ketones is 2. The van der Waals surface area contributed by atoms with Gasteiger partial charge in [-0.25, -0.2) is 4.79 Å². The Kier molecular flexibility index (Phi) is 17.8. The van der Waals surface area contributed by atoms with Gasteiger partial charge in [0.2, 0.25) is 0 Å². The molecule has 0 bridgehead atoms. The van der Waals surface area contributed by atoms with Crippen LogP contribution >= 0.6 is 0 Å². The summed E-state index contributed by atoms with van der Waals surface area (Å²) in [6, 6.07) is 0.